The number of carboxylic acids is 1. The van der Waals surface area contributed by atoms with Gasteiger partial charge in [-0.15, -0.1) is 0 Å². The average Bonchev–Trinajstić information content (AvgIpc) is 2.74. The number of carbonyl (C=O) groups is 1. The van der Waals surface area contributed by atoms with Crippen LogP contribution >= 0.6 is 22.6 Å². The van der Waals surface area contributed by atoms with Gasteiger partial charge in [0.1, 0.15) is 0 Å². The van der Waals surface area contributed by atoms with Crippen molar-refractivity contribution >= 4 is 28.6 Å². The van der Waals surface area contributed by atoms with Gasteiger partial charge in [0, 0.05) is 22.1 Å². The van der Waals surface area contributed by atoms with E-state index in [1.807, 2.05) is 0 Å². The molecule has 0 amide bonds. The quantitative estimate of drug-likeness (QED) is 0.329. The van der Waals surface area contributed by atoms with Crippen LogP contribution in [0, 0.1) is 15.4 Å². The molecule has 2 aromatic carbocycles. The number of alkyl halides is 3. The monoisotopic (exact) mass is 573 g/mol. The maximum Gasteiger partial charge on any atom is 0.416 e. The van der Waals surface area contributed by atoms with E-state index in [0.717, 1.165) is 47.1 Å². The fourth-order valence-corrected chi connectivity index (χ4v) is 5.14. The molecule has 1 N–H and O–H groups in total. The molecule has 0 aromatic heterocycles. The maximum atomic E-state index is 13.1. The summed E-state index contributed by atoms with van der Waals surface area (Å²) in [7, 11) is 0. The molecule has 0 spiro atoms. The summed E-state index contributed by atoms with van der Waals surface area (Å²) in [5.74, 6) is -0.285. The number of halogens is 4. The highest BCUT2D eigenvalue weighted by Gasteiger charge is 2.36. The number of benzene rings is 2. The summed E-state index contributed by atoms with van der Waals surface area (Å²) in [6.07, 6.45) is -0.917. The molecule has 1 fully saturated rings. The van der Waals surface area contributed by atoms with Crippen LogP contribution in [-0.4, -0.2) is 22.5 Å². The zero-order valence-corrected chi connectivity index (χ0v) is 21.1. The highest BCUT2D eigenvalue weighted by molar-refractivity contribution is 14.1. The van der Waals surface area contributed by atoms with Crippen LogP contribution < -0.4 is 0 Å². The van der Waals surface area contributed by atoms with Crippen molar-refractivity contribution in [3.05, 3.63) is 68.8 Å². The molecule has 180 valence electrons. The second-order valence-electron chi connectivity index (χ2n) is 9.40. The van der Waals surface area contributed by atoms with E-state index in [0.29, 0.717) is 12.3 Å². The maximum absolute atomic E-state index is 13.1. The Labute approximate surface area is 207 Å². The Bertz CT molecular complexity index is 913. The van der Waals surface area contributed by atoms with Crippen LogP contribution in [0.2, 0.25) is 0 Å². The number of hydrogen-bond donors (Lipinski definition) is 1. The van der Waals surface area contributed by atoms with Gasteiger partial charge >= 0.3 is 12.1 Å². The molecular weight excluding hydrogens is 542 g/mol. The fraction of sp³-hybridized carbons (Fsp3) is 0.500. The molecule has 0 bridgehead atoms. The lowest BCUT2D eigenvalue weighted by atomic mass is 9.82. The molecule has 1 aliphatic rings. The molecule has 0 saturated carbocycles. The number of hydrogen-bond acceptors (Lipinski definition) is 2. The molecule has 3 nitrogen and oxygen atoms in total. The first-order valence-corrected chi connectivity index (χ1v) is 12.5. The third kappa shape index (κ3) is 7.18. The van der Waals surface area contributed by atoms with Gasteiger partial charge in [0.2, 0.25) is 0 Å². The van der Waals surface area contributed by atoms with Crippen LogP contribution in [0.15, 0.2) is 48.5 Å². The van der Waals surface area contributed by atoms with Crippen molar-refractivity contribution < 1.29 is 23.1 Å². The lowest BCUT2D eigenvalue weighted by Crippen LogP contribution is -2.40. The van der Waals surface area contributed by atoms with Crippen LogP contribution in [0.4, 0.5) is 13.2 Å². The Morgan fingerprint density at radius 3 is 2.27 bits per heavy atom. The van der Waals surface area contributed by atoms with E-state index >= 15 is 0 Å². The van der Waals surface area contributed by atoms with Crippen LogP contribution in [0.1, 0.15) is 74.7 Å². The van der Waals surface area contributed by atoms with Gasteiger partial charge in [-0.3, -0.25) is 9.69 Å². The van der Waals surface area contributed by atoms with Crippen molar-refractivity contribution in [1.29, 1.82) is 0 Å². The summed E-state index contributed by atoms with van der Waals surface area (Å²) in [6, 6.07) is 13.9. The number of rotatable bonds is 8. The Balaban J connectivity index is 1.96. The second kappa shape index (κ2) is 11.2. The van der Waals surface area contributed by atoms with E-state index in [1.165, 1.54) is 5.56 Å². The normalized spacial score (nSPS) is 20.7. The minimum absolute atomic E-state index is 0.00788. The van der Waals surface area contributed by atoms with E-state index in [4.69, 9.17) is 0 Å². The SMILES string of the molecule is CC(C)CC[C@H](c1ccc(I)cc1)N1CC[C@@H](CC(=O)O)C[C@H]1c1ccc(C(F)(F)F)cc1. The standard InChI is InChI=1S/C26H31F3INO2/c1-17(2)3-12-23(19-6-10-22(30)11-7-19)31-14-13-18(16-25(32)33)15-24(31)20-4-8-21(9-5-20)26(27,28)29/h4-11,17-18,23-24H,3,12-16H2,1-2H3,(H,32,33)/t18-,23-,24+/m1/s1. The molecule has 3 atom stereocenters. The molecule has 3 rings (SSSR count). The first-order chi connectivity index (χ1) is 15.5. The predicted octanol–water partition coefficient (Wildman–Crippen LogP) is 7.72. The summed E-state index contributed by atoms with van der Waals surface area (Å²) in [5.41, 5.74) is 1.35. The fourth-order valence-electron chi connectivity index (χ4n) is 4.78. The largest absolute Gasteiger partial charge is 0.481 e. The van der Waals surface area contributed by atoms with Gasteiger partial charge in [0.15, 0.2) is 0 Å². The molecule has 33 heavy (non-hydrogen) atoms. The van der Waals surface area contributed by atoms with Crippen LogP contribution in [-0.2, 0) is 11.0 Å². The van der Waals surface area contributed by atoms with Gasteiger partial charge in [0.05, 0.1) is 5.56 Å². The number of carboxylic acid groups (broad SMARTS) is 1. The second-order valence-corrected chi connectivity index (χ2v) is 10.6. The van der Waals surface area contributed by atoms with Gasteiger partial charge in [-0.25, -0.2) is 0 Å². The van der Waals surface area contributed by atoms with Crippen molar-refractivity contribution in [3.63, 3.8) is 0 Å². The Morgan fingerprint density at radius 2 is 1.73 bits per heavy atom. The van der Waals surface area contributed by atoms with Gasteiger partial charge in [-0.1, -0.05) is 38.1 Å². The summed E-state index contributed by atoms with van der Waals surface area (Å²) >= 11 is 2.28. The summed E-state index contributed by atoms with van der Waals surface area (Å²) < 4.78 is 40.5. The summed E-state index contributed by atoms with van der Waals surface area (Å²) in [4.78, 5) is 13.8. The molecule has 0 aliphatic carbocycles. The average molecular weight is 573 g/mol. The van der Waals surface area contributed by atoms with Crippen molar-refractivity contribution in [2.45, 2.75) is 64.2 Å². The highest BCUT2D eigenvalue weighted by atomic mass is 127. The topological polar surface area (TPSA) is 40.5 Å². The number of nitrogens with zero attached hydrogens (tertiary/aromatic N) is 1. The van der Waals surface area contributed by atoms with Gasteiger partial charge in [-0.2, -0.15) is 13.2 Å². The third-order valence-corrected chi connectivity index (χ3v) is 7.23. The van der Waals surface area contributed by atoms with E-state index in [9.17, 15) is 23.1 Å². The minimum Gasteiger partial charge on any atom is -0.481 e. The molecule has 0 radical (unpaired) electrons. The zero-order chi connectivity index (χ0) is 24.2. The Morgan fingerprint density at radius 1 is 1.09 bits per heavy atom. The molecule has 7 heteroatoms. The third-order valence-electron chi connectivity index (χ3n) is 6.51. The van der Waals surface area contributed by atoms with E-state index < -0.39 is 17.7 Å². The van der Waals surface area contributed by atoms with Crippen molar-refractivity contribution in [2.24, 2.45) is 11.8 Å². The molecule has 1 aliphatic heterocycles. The van der Waals surface area contributed by atoms with Gasteiger partial charge in [0.25, 0.3) is 0 Å². The van der Waals surface area contributed by atoms with Gasteiger partial charge in [-0.05, 0) is 102 Å². The highest BCUT2D eigenvalue weighted by Crippen LogP contribution is 2.43. The smallest absolute Gasteiger partial charge is 0.416 e. The number of piperidine rings is 1. The number of aliphatic carboxylic acids is 1. The van der Waals surface area contributed by atoms with Crippen molar-refractivity contribution in [2.75, 3.05) is 6.54 Å². The van der Waals surface area contributed by atoms with Crippen LogP contribution in [0.5, 0.6) is 0 Å². The van der Waals surface area contributed by atoms with E-state index in [1.54, 1.807) is 12.1 Å². The first kappa shape index (κ1) is 26.0. The molecule has 1 saturated heterocycles. The Hall–Kier alpha value is -1.61. The lowest BCUT2D eigenvalue weighted by Gasteiger charge is -2.44. The van der Waals surface area contributed by atoms with Crippen LogP contribution in [0.3, 0.4) is 0 Å². The summed E-state index contributed by atoms with van der Waals surface area (Å²) in [6.45, 7) is 5.10. The molecule has 0 unspecified atom stereocenters. The van der Waals surface area contributed by atoms with Crippen molar-refractivity contribution in [3.8, 4) is 0 Å². The number of likely N-dealkylation sites (tertiary alicyclic amines) is 1. The molecule has 1 heterocycles. The predicted molar refractivity (Wildman–Crippen MR) is 132 cm³/mol. The molecule has 2 aromatic rings. The van der Waals surface area contributed by atoms with Crippen LogP contribution in [0.25, 0.3) is 0 Å². The van der Waals surface area contributed by atoms with E-state index in [2.05, 4.69) is 65.6 Å². The molecular formula is C26H31F3INO2. The Kier molecular flexibility index (Phi) is 8.83. The lowest BCUT2D eigenvalue weighted by molar-refractivity contribution is -0.139. The first-order valence-electron chi connectivity index (χ1n) is 11.4. The van der Waals surface area contributed by atoms with Gasteiger partial charge < -0.3 is 5.11 Å². The zero-order valence-electron chi connectivity index (χ0n) is 19.0. The summed E-state index contributed by atoms with van der Waals surface area (Å²) in [5, 5.41) is 9.33. The van der Waals surface area contributed by atoms with E-state index in [-0.39, 0.29) is 24.4 Å². The van der Waals surface area contributed by atoms with Crippen molar-refractivity contribution in [1.82, 2.24) is 4.90 Å². The minimum atomic E-state index is -4.38.